The number of ether oxygens (including phenoxy) is 3. The van der Waals surface area contributed by atoms with E-state index in [1.165, 1.54) is 26.4 Å². The lowest BCUT2D eigenvalue weighted by Crippen LogP contribution is -2.55. The molecule has 1 N–H and O–H groups in total. The van der Waals surface area contributed by atoms with Gasteiger partial charge in [0, 0.05) is 36.8 Å². The van der Waals surface area contributed by atoms with Crippen LogP contribution in [0.1, 0.15) is 23.7 Å². The summed E-state index contributed by atoms with van der Waals surface area (Å²) in [5.41, 5.74) is -0.642. The maximum absolute atomic E-state index is 13.4. The molecule has 0 radical (unpaired) electrons. The lowest BCUT2D eigenvalue weighted by Gasteiger charge is -2.35. The van der Waals surface area contributed by atoms with E-state index in [0.717, 1.165) is 12.2 Å². The van der Waals surface area contributed by atoms with Crippen molar-refractivity contribution in [3.05, 3.63) is 28.4 Å². The summed E-state index contributed by atoms with van der Waals surface area (Å²) in [4.78, 5) is 28.5. The number of likely N-dealkylation sites (N-methyl/N-ethyl adjacent to an activating group) is 1. The molecule has 7 nitrogen and oxygen atoms in total. The standard InChI is InChI=1S/C20H25ClN2O5/c1-11-8-12(22-6-7-23(2)3)9-15(24)20(11)19(25)16-13(26-4)10-14(27-5)17(21)18(16)28-20/h9-11,22H,6-8H2,1-5H3. The van der Waals surface area contributed by atoms with Crippen LogP contribution in [0.15, 0.2) is 17.8 Å². The van der Waals surface area contributed by atoms with Gasteiger partial charge in [0.05, 0.1) is 14.2 Å². The number of fused-ring (bicyclic) bond motifs is 1. The first-order valence-corrected chi connectivity index (χ1v) is 9.45. The maximum Gasteiger partial charge on any atom is 0.236 e. The van der Waals surface area contributed by atoms with Crippen LogP contribution < -0.4 is 19.5 Å². The largest absolute Gasteiger partial charge is 0.496 e. The molecule has 0 saturated heterocycles. The Morgan fingerprint density at radius 2 is 1.96 bits per heavy atom. The van der Waals surface area contributed by atoms with Gasteiger partial charge in [-0.25, -0.2) is 0 Å². The zero-order valence-electron chi connectivity index (χ0n) is 16.7. The summed E-state index contributed by atoms with van der Waals surface area (Å²) in [5, 5.41) is 3.42. The summed E-state index contributed by atoms with van der Waals surface area (Å²) in [6, 6.07) is 1.53. The SMILES string of the molecule is COc1cc(OC)c2c(c1Cl)OC1(C(=O)C=C(NCCN(C)C)CC1C)C2=O. The van der Waals surface area contributed by atoms with Crippen LogP contribution in [0.4, 0.5) is 0 Å². The second-order valence-corrected chi connectivity index (χ2v) is 7.71. The molecular weight excluding hydrogens is 384 g/mol. The third kappa shape index (κ3) is 3.12. The van der Waals surface area contributed by atoms with Crippen LogP contribution in [0.2, 0.25) is 5.02 Å². The third-order valence-electron chi connectivity index (χ3n) is 5.22. The van der Waals surface area contributed by atoms with Crippen LogP contribution in [-0.2, 0) is 4.79 Å². The molecular formula is C20H25ClN2O5. The van der Waals surface area contributed by atoms with Crippen molar-refractivity contribution < 1.29 is 23.8 Å². The van der Waals surface area contributed by atoms with E-state index in [0.29, 0.717) is 18.7 Å². The first-order valence-electron chi connectivity index (χ1n) is 9.08. The van der Waals surface area contributed by atoms with Gasteiger partial charge in [-0.05, 0) is 20.5 Å². The molecule has 1 aromatic rings. The highest BCUT2D eigenvalue weighted by Crippen LogP contribution is 2.52. The first-order chi connectivity index (χ1) is 13.3. The minimum Gasteiger partial charge on any atom is -0.496 e. The van der Waals surface area contributed by atoms with Crippen LogP contribution >= 0.6 is 11.6 Å². The highest BCUT2D eigenvalue weighted by atomic mass is 35.5. The smallest absolute Gasteiger partial charge is 0.236 e. The van der Waals surface area contributed by atoms with Gasteiger partial charge in [0.25, 0.3) is 0 Å². The van der Waals surface area contributed by atoms with E-state index in [2.05, 4.69) is 5.32 Å². The Morgan fingerprint density at radius 3 is 2.54 bits per heavy atom. The second kappa shape index (κ2) is 7.64. The molecule has 2 atom stereocenters. The maximum atomic E-state index is 13.4. The van der Waals surface area contributed by atoms with E-state index in [4.69, 9.17) is 25.8 Å². The zero-order valence-corrected chi connectivity index (χ0v) is 17.5. The van der Waals surface area contributed by atoms with Gasteiger partial charge in [0.1, 0.15) is 22.1 Å². The molecule has 0 bridgehead atoms. The number of nitrogens with zero attached hydrogens (tertiary/aromatic N) is 1. The van der Waals surface area contributed by atoms with Crippen molar-refractivity contribution in [3.63, 3.8) is 0 Å². The molecule has 3 rings (SSSR count). The van der Waals surface area contributed by atoms with Gasteiger partial charge < -0.3 is 24.4 Å². The Balaban J connectivity index is 1.97. The lowest BCUT2D eigenvalue weighted by atomic mass is 9.74. The average Bonchev–Trinajstić information content (AvgIpc) is 2.95. The molecule has 1 aliphatic heterocycles. The first kappa shape index (κ1) is 20.5. The Kier molecular flexibility index (Phi) is 5.59. The van der Waals surface area contributed by atoms with E-state index in [9.17, 15) is 9.59 Å². The molecule has 28 heavy (non-hydrogen) atoms. The van der Waals surface area contributed by atoms with Crippen LogP contribution in [0.25, 0.3) is 0 Å². The van der Waals surface area contributed by atoms with E-state index in [1.54, 1.807) is 0 Å². The van der Waals surface area contributed by atoms with Gasteiger partial charge in [-0.1, -0.05) is 18.5 Å². The molecule has 8 heteroatoms. The molecule has 0 amide bonds. The second-order valence-electron chi connectivity index (χ2n) is 7.34. The number of carbonyl (C=O) groups excluding carboxylic acids is 2. The van der Waals surface area contributed by atoms with Crippen LogP contribution in [-0.4, -0.2) is 63.5 Å². The number of ketones is 2. The number of Topliss-reactive ketones (excluding diaryl/α,β-unsaturated/α-hetero) is 1. The Labute approximate surface area is 169 Å². The highest BCUT2D eigenvalue weighted by Gasteiger charge is 2.60. The molecule has 2 unspecified atom stereocenters. The fourth-order valence-corrected chi connectivity index (χ4v) is 3.96. The molecule has 0 aromatic heterocycles. The van der Waals surface area contributed by atoms with E-state index < -0.39 is 17.2 Å². The highest BCUT2D eigenvalue weighted by molar-refractivity contribution is 6.36. The van der Waals surface area contributed by atoms with Gasteiger partial charge >= 0.3 is 0 Å². The van der Waals surface area contributed by atoms with Gasteiger partial charge in [0.2, 0.25) is 17.2 Å². The molecule has 1 aliphatic carbocycles. The molecule has 152 valence electrons. The molecule has 1 spiro atoms. The van der Waals surface area contributed by atoms with E-state index >= 15 is 0 Å². The molecule has 2 aliphatic rings. The molecule has 0 saturated carbocycles. The fourth-order valence-electron chi connectivity index (χ4n) is 3.69. The number of hydrogen-bond acceptors (Lipinski definition) is 7. The van der Waals surface area contributed by atoms with Crippen LogP contribution in [0, 0.1) is 5.92 Å². The Hall–Kier alpha value is -2.25. The van der Waals surface area contributed by atoms with Crippen molar-refractivity contribution in [3.8, 4) is 17.2 Å². The van der Waals surface area contributed by atoms with Gasteiger partial charge in [-0.15, -0.1) is 0 Å². The summed E-state index contributed by atoms with van der Waals surface area (Å²) in [6.45, 7) is 3.37. The van der Waals surface area contributed by atoms with E-state index in [-0.39, 0.29) is 28.0 Å². The number of allylic oxidation sites excluding steroid dienone is 1. The van der Waals surface area contributed by atoms with Crippen molar-refractivity contribution in [2.75, 3.05) is 41.4 Å². The molecule has 0 fully saturated rings. The predicted octanol–water partition coefficient (Wildman–Crippen LogP) is 2.32. The fraction of sp³-hybridized carbons (Fsp3) is 0.500. The number of hydrogen-bond donors (Lipinski definition) is 1. The van der Waals surface area contributed by atoms with Crippen molar-refractivity contribution in [2.24, 2.45) is 5.92 Å². The molecule has 1 heterocycles. The van der Waals surface area contributed by atoms with Crippen LogP contribution in [0.3, 0.4) is 0 Å². The van der Waals surface area contributed by atoms with Crippen LogP contribution in [0.5, 0.6) is 17.2 Å². The van der Waals surface area contributed by atoms with Crippen molar-refractivity contribution in [1.29, 1.82) is 0 Å². The van der Waals surface area contributed by atoms with Gasteiger partial charge in [-0.3, -0.25) is 9.59 Å². The number of nitrogens with one attached hydrogen (secondary N) is 1. The van der Waals surface area contributed by atoms with Gasteiger partial charge in [0.15, 0.2) is 5.75 Å². The van der Waals surface area contributed by atoms with Crippen molar-refractivity contribution >= 4 is 23.2 Å². The van der Waals surface area contributed by atoms with E-state index in [1.807, 2.05) is 25.9 Å². The Morgan fingerprint density at radius 1 is 1.29 bits per heavy atom. The minimum atomic E-state index is -1.63. The minimum absolute atomic E-state index is 0.139. The van der Waals surface area contributed by atoms with Gasteiger partial charge in [-0.2, -0.15) is 0 Å². The lowest BCUT2D eigenvalue weighted by molar-refractivity contribution is -0.129. The summed E-state index contributed by atoms with van der Waals surface area (Å²) in [5.74, 6) is -0.461. The summed E-state index contributed by atoms with van der Waals surface area (Å²) in [6.07, 6.45) is 1.98. The monoisotopic (exact) mass is 408 g/mol. The quantitative estimate of drug-likeness (QED) is 0.724. The third-order valence-corrected chi connectivity index (χ3v) is 5.58. The Bertz CT molecular complexity index is 851. The topological polar surface area (TPSA) is 77.1 Å². The number of rotatable bonds is 6. The number of methoxy groups -OCH3 is 2. The predicted molar refractivity (Wildman–Crippen MR) is 106 cm³/mol. The van der Waals surface area contributed by atoms with Crippen molar-refractivity contribution in [2.45, 2.75) is 18.9 Å². The summed E-state index contributed by atoms with van der Waals surface area (Å²) in [7, 11) is 6.86. The zero-order chi connectivity index (χ0) is 20.6. The summed E-state index contributed by atoms with van der Waals surface area (Å²) < 4.78 is 16.6. The average molecular weight is 409 g/mol. The summed E-state index contributed by atoms with van der Waals surface area (Å²) >= 11 is 6.37. The molecule has 1 aromatic carbocycles. The number of benzene rings is 1. The number of carbonyl (C=O) groups is 2. The number of halogens is 1. The normalized spacial score (nSPS) is 23.5. The van der Waals surface area contributed by atoms with Crippen molar-refractivity contribution in [1.82, 2.24) is 10.2 Å².